The molecule has 0 fully saturated rings. The summed E-state index contributed by atoms with van der Waals surface area (Å²) < 4.78 is 0. The van der Waals surface area contributed by atoms with Crippen LogP contribution in [0.3, 0.4) is 0 Å². The number of aliphatic hydroxyl groups is 1. The van der Waals surface area contributed by atoms with E-state index < -0.39 is 0 Å². The molecule has 2 N–H and O–H groups in total. The molecule has 0 aliphatic rings. The lowest BCUT2D eigenvalue weighted by atomic mass is 10.3. The van der Waals surface area contributed by atoms with Crippen molar-refractivity contribution in [3.8, 4) is 0 Å². The van der Waals surface area contributed by atoms with Gasteiger partial charge in [0, 0.05) is 24.5 Å². The summed E-state index contributed by atoms with van der Waals surface area (Å²) in [4.78, 5) is 10.8. The Labute approximate surface area is 77.9 Å². The summed E-state index contributed by atoms with van der Waals surface area (Å²) in [6.07, 6.45) is 0.220. The highest BCUT2D eigenvalue weighted by Crippen LogP contribution is 2.14. The lowest BCUT2D eigenvalue weighted by molar-refractivity contribution is -0.120. The molecule has 4 heteroatoms. The van der Waals surface area contributed by atoms with Crippen molar-refractivity contribution in [2.24, 2.45) is 0 Å². The third-order valence-electron chi connectivity index (χ3n) is 1.67. The molecule has 3 nitrogen and oxygen atoms in total. The predicted octanol–water partition coefficient (Wildman–Crippen LogP) is 0.625. The van der Waals surface area contributed by atoms with Gasteiger partial charge < -0.3 is 10.4 Å². The van der Waals surface area contributed by atoms with Crippen molar-refractivity contribution < 1.29 is 9.90 Å². The Morgan fingerprint density at radius 1 is 1.58 bits per heavy atom. The molecule has 1 amide bonds. The van der Waals surface area contributed by atoms with E-state index in [0.717, 1.165) is 5.75 Å². The molecule has 0 spiro atoms. The Bertz CT molecular complexity index is 139. The highest BCUT2D eigenvalue weighted by Gasteiger charge is 2.09. The summed E-state index contributed by atoms with van der Waals surface area (Å²) in [5.41, 5.74) is 0. The maximum Gasteiger partial charge on any atom is 0.220 e. The average molecular weight is 191 g/mol. The molecule has 0 aliphatic carbocycles. The quantitative estimate of drug-likeness (QED) is 0.670. The van der Waals surface area contributed by atoms with E-state index in [1.807, 2.05) is 6.92 Å². The van der Waals surface area contributed by atoms with Gasteiger partial charge in [0.05, 0.1) is 6.10 Å². The normalized spacial score (nSPS) is 15.3. The number of thioether (sulfide) groups is 1. The predicted molar refractivity (Wildman–Crippen MR) is 52.3 cm³/mol. The van der Waals surface area contributed by atoms with Crippen molar-refractivity contribution in [3.05, 3.63) is 0 Å². The third-order valence-corrected chi connectivity index (χ3v) is 3.03. The fraction of sp³-hybridized carbons (Fsp3) is 0.875. The van der Waals surface area contributed by atoms with Crippen molar-refractivity contribution in [2.75, 3.05) is 12.8 Å². The van der Waals surface area contributed by atoms with Gasteiger partial charge in [-0.3, -0.25) is 4.79 Å². The SMILES string of the molecule is CNC(=O)CCSC(C)C(C)O. The van der Waals surface area contributed by atoms with E-state index >= 15 is 0 Å². The fourth-order valence-corrected chi connectivity index (χ4v) is 1.56. The van der Waals surface area contributed by atoms with Gasteiger partial charge in [-0.25, -0.2) is 0 Å². The molecule has 0 heterocycles. The van der Waals surface area contributed by atoms with E-state index in [4.69, 9.17) is 5.11 Å². The van der Waals surface area contributed by atoms with Gasteiger partial charge in [0.25, 0.3) is 0 Å². The zero-order chi connectivity index (χ0) is 9.56. The molecule has 12 heavy (non-hydrogen) atoms. The van der Waals surface area contributed by atoms with Crippen LogP contribution in [0.2, 0.25) is 0 Å². The largest absolute Gasteiger partial charge is 0.392 e. The lowest BCUT2D eigenvalue weighted by Gasteiger charge is -2.13. The maximum atomic E-state index is 10.8. The first kappa shape index (κ1) is 11.8. The van der Waals surface area contributed by atoms with Gasteiger partial charge in [-0.2, -0.15) is 11.8 Å². The average Bonchev–Trinajstić information content (AvgIpc) is 2.03. The molecule has 0 bridgehead atoms. The van der Waals surface area contributed by atoms with E-state index in [0.29, 0.717) is 6.42 Å². The van der Waals surface area contributed by atoms with Gasteiger partial charge in [0.2, 0.25) is 5.91 Å². The van der Waals surface area contributed by atoms with Crippen LogP contribution in [-0.2, 0) is 4.79 Å². The van der Waals surface area contributed by atoms with Crippen molar-refractivity contribution in [2.45, 2.75) is 31.6 Å². The minimum atomic E-state index is -0.306. The van der Waals surface area contributed by atoms with Gasteiger partial charge in [-0.15, -0.1) is 0 Å². The summed E-state index contributed by atoms with van der Waals surface area (Å²) >= 11 is 1.62. The summed E-state index contributed by atoms with van der Waals surface area (Å²) in [6.45, 7) is 3.72. The Morgan fingerprint density at radius 3 is 2.58 bits per heavy atom. The number of nitrogens with one attached hydrogen (secondary N) is 1. The van der Waals surface area contributed by atoms with Crippen molar-refractivity contribution >= 4 is 17.7 Å². The maximum absolute atomic E-state index is 10.8. The molecule has 72 valence electrons. The first-order valence-corrected chi connectivity index (χ1v) is 5.13. The second-order valence-electron chi connectivity index (χ2n) is 2.74. The molecular formula is C8H17NO2S. The molecule has 0 aromatic carbocycles. The standard InChI is InChI=1S/C8H17NO2S/c1-6(10)7(2)12-5-4-8(11)9-3/h6-7,10H,4-5H2,1-3H3,(H,9,11). The van der Waals surface area contributed by atoms with Gasteiger partial charge in [-0.05, 0) is 6.92 Å². The Morgan fingerprint density at radius 2 is 2.17 bits per heavy atom. The molecule has 2 unspecified atom stereocenters. The van der Waals surface area contributed by atoms with E-state index in [1.165, 1.54) is 0 Å². The van der Waals surface area contributed by atoms with Crippen molar-refractivity contribution in [3.63, 3.8) is 0 Å². The van der Waals surface area contributed by atoms with Crippen LogP contribution in [0.5, 0.6) is 0 Å². The highest BCUT2D eigenvalue weighted by molar-refractivity contribution is 7.99. The van der Waals surface area contributed by atoms with Crippen LogP contribution in [0.15, 0.2) is 0 Å². The van der Waals surface area contributed by atoms with E-state index in [1.54, 1.807) is 25.7 Å². The monoisotopic (exact) mass is 191 g/mol. The number of carbonyl (C=O) groups is 1. The molecule has 0 aromatic rings. The van der Waals surface area contributed by atoms with Gasteiger partial charge >= 0.3 is 0 Å². The smallest absolute Gasteiger partial charge is 0.220 e. The highest BCUT2D eigenvalue weighted by atomic mass is 32.2. The Hall–Kier alpha value is -0.220. The first-order chi connectivity index (χ1) is 5.57. The number of aliphatic hydroxyl groups excluding tert-OH is 1. The number of rotatable bonds is 5. The molecule has 0 rings (SSSR count). The minimum absolute atomic E-state index is 0.0558. The topological polar surface area (TPSA) is 49.3 Å². The Balaban J connectivity index is 3.37. The number of hydrogen-bond acceptors (Lipinski definition) is 3. The summed E-state index contributed by atoms with van der Waals surface area (Å²) in [5, 5.41) is 11.9. The second-order valence-corrected chi connectivity index (χ2v) is 4.22. The summed E-state index contributed by atoms with van der Waals surface area (Å²) in [7, 11) is 1.63. The van der Waals surface area contributed by atoms with Gasteiger partial charge in [-0.1, -0.05) is 6.92 Å². The molecule has 0 radical (unpaired) electrons. The van der Waals surface area contributed by atoms with Crippen LogP contribution < -0.4 is 5.32 Å². The third kappa shape index (κ3) is 5.43. The van der Waals surface area contributed by atoms with Crippen LogP contribution in [-0.4, -0.2) is 35.2 Å². The first-order valence-electron chi connectivity index (χ1n) is 4.08. The van der Waals surface area contributed by atoms with Crippen LogP contribution in [0.1, 0.15) is 20.3 Å². The zero-order valence-electron chi connectivity index (χ0n) is 7.83. The number of hydrogen-bond donors (Lipinski definition) is 2. The van der Waals surface area contributed by atoms with E-state index in [-0.39, 0.29) is 17.3 Å². The second kappa shape index (κ2) is 6.31. The molecule has 0 aliphatic heterocycles. The number of carbonyl (C=O) groups excluding carboxylic acids is 1. The van der Waals surface area contributed by atoms with Crippen LogP contribution in [0.25, 0.3) is 0 Å². The zero-order valence-corrected chi connectivity index (χ0v) is 8.65. The molecule has 2 atom stereocenters. The number of amides is 1. The molecule has 0 saturated heterocycles. The van der Waals surface area contributed by atoms with Crippen molar-refractivity contribution in [1.29, 1.82) is 0 Å². The van der Waals surface area contributed by atoms with E-state index in [2.05, 4.69) is 5.32 Å². The van der Waals surface area contributed by atoms with Crippen LogP contribution >= 0.6 is 11.8 Å². The molecule has 0 aromatic heterocycles. The van der Waals surface area contributed by atoms with Gasteiger partial charge in [0.1, 0.15) is 0 Å². The van der Waals surface area contributed by atoms with E-state index in [9.17, 15) is 4.79 Å². The summed E-state index contributed by atoms with van der Waals surface area (Å²) in [6, 6.07) is 0. The molecular weight excluding hydrogens is 174 g/mol. The summed E-state index contributed by atoms with van der Waals surface area (Å²) in [5.74, 6) is 0.825. The Kier molecular flexibility index (Phi) is 6.20. The molecule has 0 saturated carbocycles. The van der Waals surface area contributed by atoms with Crippen LogP contribution in [0.4, 0.5) is 0 Å². The minimum Gasteiger partial charge on any atom is -0.392 e. The lowest BCUT2D eigenvalue weighted by Crippen LogP contribution is -2.20. The van der Waals surface area contributed by atoms with Gasteiger partial charge in [0.15, 0.2) is 0 Å². The van der Waals surface area contributed by atoms with Crippen LogP contribution in [0, 0.1) is 0 Å². The fourth-order valence-electron chi connectivity index (χ4n) is 0.602. The van der Waals surface area contributed by atoms with Crippen molar-refractivity contribution in [1.82, 2.24) is 5.32 Å².